The van der Waals surface area contributed by atoms with Gasteiger partial charge in [-0.1, -0.05) is 152 Å². The van der Waals surface area contributed by atoms with Gasteiger partial charge in [0.15, 0.2) is 11.4 Å². The van der Waals surface area contributed by atoms with Crippen LogP contribution in [0.2, 0.25) is 0 Å². The Morgan fingerprint density at radius 2 is 1.02 bits per heavy atom. The normalized spacial score (nSPS) is 12.1. The van der Waals surface area contributed by atoms with Gasteiger partial charge in [-0.25, -0.2) is 14.6 Å². The molecule has 6 heteroatoms. The van der Waals surface area contributed by atoms with E-state index in [4.69, 9.17) is 13.1 Å². The number of hydrogen-bond acceptors (Lipinski definition) is 2. The Bertz CT molecular complexity index is 3170. The predicted molar refractivity (Wildman–Crippen MR) is 233 cm³/mol. The van der Waals surface area contributed by atoms with Crippen molar-refractivity contribution in [1.29, 1.82) is 0 Å². The number of fused-ring (bicyclic) bond motifs is 4. The van der Waals surface area contributed by atoms with Crippen molar-refractivity contribution < 1.29 is 9.59 Å². The van der Waals surface area contributed by atoms with Crippen molar-refractivity contribution in [2.45, 2.75) is 0 Å². The van der Waals surface area contributed by atoms with Crippen molar-refractivity contribution in [2.75, 3.05) is 4.90 Å². The zero-order valence-corrected chi connectivity index (χ0v) is 30.9. The highest BCUT2D eigenvalue weighted by molar-refractivity contribution is 6.37. The molecule has 1 aliphatic rings. The molecule has 6 nitrogen and oxygen atoms in total. The molecule has 0 bridgehead atoms. The SMILES string of the molecule is [C-]#[N+]c1ccc(-c2cccc3c4ccccc4n(-c4cccc5c4C(=O)N(c4c(-c6ccccc6)cc(-c6ccccc6)cc4-c4ccccc4)C5=O)c23)c([N+]#[C-])c1. The lowest BCUT2D eigenvalue weighted by Crippen LogP contribution is -2.30. The number of anilines is 1. The van der Waals surface area contributed by atoms with Crippen molar-refractivity contribution in [2.24, 2.45) is 0 Å². The maximum atomic E-state index is 15.5. The molecule has 2 heterocycles. The molecule has 8 aromatic carbocycles. The van der Waals surface area contributed by atoms with Crippen LogP contribution in [-0.2, 0) is 0 Å². The van der Waals surface area contributed by atoms with Crippen LogP contribution in [0.4, 0.5) is 17.1 Å². The van der Waals surface area contributed by atoms with Crippen LogP contribution in [0.25, 0.3) is 81.7 Å². The molecule has 270 valence electrons. The van der Waals surface area contributed by atoms with Crippen LogP contribution in [0.3, 0.4) is 0 Å². The van der Waals surface area contributed by atoms with Gasteiger partial charge in [0, 0.05) is 21.9 Å². The molecule has 0 N–H and O–H groups in total. The molecule has 0 radical (unpaired) electrons. The van der Waals surface area contributed by atoms with Crippen molar-refractivity contribution in [3.63, 3.8) is 0 Å². The van der Waals surface area contributed by atoms with E-state index in [1.165, 1.54) is 4.90 Å². The first-order valence-electron chi connectivity index (χ1n) is 18.8. The number of carbonyl (C=O) groups is 2. The fourth-order valence-corrected chi connectivity index (χ4v) is 8.40. The van der Waals surface area contributed by atoms with Crippen molar-refractivity contribution in [3.05, 3.63) is 216 Å². The van der Waals surface area contributed by atoms with E-state index in [1.807, 2.05) is 140 Å². The maximum absolute atomic E-state index is 15.5. The second kappa shape index (κ2) is 13.8. The Morgan fingerprint density at radius 1 is 0.431 bits per heavy atom. The molecule has 2 amide bonds. The van der Waals surface area contributed by atoms with Gasteiger partial charge in [-0.05, 0) is 63.7 Å². The standard InChI is InChI=1S/C52H30N4O2/c1-53-37-28-29-38(45(32-37)54-2)40-23-14-24-41-39-22-12-13-26-46(39)55(49(40)41)47-27-15-25-42-48(47)52(58)56(51(42)57)50-43(34-18-8-4-9-19-34)30-36(33-16-6-3-7-17-33)31-44(50)35-20-10-5-11-21-35/h3-32H. The van der Waals surface area contributed by atoms with E-state index in [1.54, 1.807) is 18.2 Å². The summed E-state index contributed by atoms with van der Waals surface area (Å²) in [7, 11) is 0. The Kier molecular flexibility index (Phi) is 8.11. The van der Waals surface area contributed by atoms with Crippen LogP contribution in [0.5, 0.6) is 0 Å². The van der Waals surface area contributed by atoms with Gasteiger partial charge in [-0.3, -0.25) is 9.59 Å². The second-order valence-corrected chi connectivity index (χ2v) is 14.1. The van der Waals surface area contributed by atoms with Crippen LogP contribution in [0.1, 0.15) is 20.7 Å². The summed E-state index contributed by atoms with van der Waals surface area (Å²) in [5, 5.41) is 1.89. The molecule has 0 spiro atoms. The minimum atomic E-state index is -0.427. The van der Waals surface area contributed by atoms with Crippen molar-refractivity contribution >= 4 is 50.7 Å². The van der Waals surface area contributed by atoms with Crippen LogP contribution in [-0.4, -0.2) is 16.4 Å². The van der Waals surface area contributed by atoms with Crippen LogP contribution in [0, 0.1) is 13.1 Å². The Morgan fingerprint density at radius 3 is 1.67 bits per heavy atom. The lowest BCUT2D eigenvalue weighted by molar-refractivity contribution is 0.0926. The van der Waals surface area contributed by atoms with Gasteiger partial charge in [0.2, 0.25) is 0 Å². The van der Waals surface area contributed by atoms with E-state index < -0.39 is 11.8 Å². The number of imide groups is 1. The topological polar surface area (TPSA) is 51.0 Å². The Hall–Kier alpha value is -8.32. The summed E-state index contributed by atoms with van der Waals surface area (Å²) in [6.45, 7) is 15.6. The number of nitrogens with zero attached hydrogens (tertiary/aromatic N) is 4. The number of amides is 2. The highest BCUT2D eigenvalue weighted by atomic mass is 16.2. The van der Waals surface area contributed by atoms with Gasteiger partial charge >= 0.3 is 0 Å². The third-order valence-corrected chi connectivity index (χ3v) is 11.0. The summed E-state index contributed by atoms with van der Waals surface area (Å²) in [5.74, 6) is -0.834. The molecule has 0 atom stereocenters. The third kappa shape index (κ3) is 5.33. The third-order valence-electron chi connectivity index (χ3n) is 11.0. The smallest absolute Gasteiger partial charge is 0.268 e. The minimum absolute atomic E-state index is 0.295. The molecule has 10 rings (SSSR count). The summed E-state index contributed by atoms with van der Waals surface area (Å²) in [4.78, 5) is 39.3. The largest absolute Gasteiger partial charge is 0.308 e. The average Bonchev–Trinajstić information content (AvgIpc) is 3.76. The molecule has 0 aliphatic carbocycles. The molecule has 58 heavy (non-hydrogen) atoms. The van der Waals surface area contributed by atoms with E-state index in [2.05, 4.69) is 38.5 Å². The van der Waals surface area contributed by atoms with Crippen molar-refractivity contribution in [3.8, 4) is 50.2 Å². The molecule has 9 aromatic rings. The summed E-state index contributed by atoms with van der Waals surface area (Å²) in [6, 6.07) is 58.6. The quantitative estimate of drug-likeness (QED) is 0.126. The molecule has 0 unspecified atom stereocenters. The summed E-state index contributed by atoms with van der Waals surface area (Å²) < 4.78 is 2.05. The summed E-state index contributed by atoms with van der Waals surface area (Å²) in [5.41, 5.74) is 10.7. The van der Waals surface area contributed by atoms with Gasteiger partial charge in [0.05, 0.1) is 46.7 Å². The fourth-order valence-electron chi connectivity index (χ4n) is 8.40. The van der Waals surface area contributed by atoms with E-state index in [0.29, 0.717) is 39.4 Å². The van der Waals surface area contributed by atoms with E-state index in [9.17, 15) is 0 Å². The number of benzene rings is 8. The molecular weight excluding hydrogens is 713 g/mol. The number of rotatable bonds is 6. The zero-order valence-electron chi connectivity index (χ0n) is 30.9. The fraction of sp³-hybridized carbons (Fsp3) is 0. The molecule has 1 aliphatic heterocycles. The minimum Gasteiger partial charge on any atom is -0.308 e. The van der Waals surface area contributed by atoms with Gasteiger partial charge in [-0.15, -0.1) is 0 Å². The second-order valence-electron chi connectivity index (χ2n) is 14.1. The molecule has 0 saturated carbocycles. The predicted octanol–water partition coefficient (Wildman–Crippen LogP) is 13.4. The van der Waals surface area contributed by atoms with Gasteiger partial charge in [-0.2, -0.15) is 0 Å². The highest BCUT2D eigenvalue weighted by Gasteiger charge is 2.42. The number of carbonyl (C=O) groups excluding carboxylic acids is 2. The molecular formula is C52H30N4O2. The summed E-state index contributed by atoms with van der Waals surface area (Å²) >= 11 is 0. The first-order chi connectivity index (χ1) is 28.6. The van der Waals surface area contributed by atoms with Gasteiger partial charge in [0.25, 0.3) is 11.8 Å². The van der Waals surface area contributed by atoms with Gasteiger partial charge < -0.3 is 4.57 Å². The van der Waals surface area contributed by atoms with Crippen LogP contribution in [0.15, 0.2) is 182 Å². The molecule has 1 aromatic heterocycles. The van der Waals surface area contributed by atoms with Crippen LogP contribution >= 0.6 is 0 Å². The average molecular weight is 743 g/mol. The first-order valence-corrected chi connectivity index (χ1v) is 18.8. The van der Waals surface area contributed by atoms with E-state index in [0.717, 1.165) is 60.8 Å². The Balaban J connectivity index is 1.25. The van der Waals surface area contributed by atoms with Crippen LogP contribution < -0.4 is 4.90 Å². The molecule has 0 fully saturated rings. The van der Waals surface area contributed by atoms with E-state index >= 15 is 9.59 Å². The van der Waals surface area contributed by atoms with Gasteiger partial charge in [0.1, 0.15) is 0 Å². The summed E-state index contributed by atoms with van der Waals surface area (Å²) in [6.07, 6.45) is 0. The monoisotopic (exact) mass is 742 g/mol. The molecule has 0 saturated heterocycles. The number of hydrogen-bond donors (Lipinski definition) is 0. The Labute approximate surface area is 334 Å². The lowest BCUT2D eigenvalue weighted by atomic mass is 9.90. The van der Waals surface area contributed by atoms with Crippen molar-refractivity contribution in [1.82, 2.24) is 4.57 Å². The number of para-hydroxylation sites is 2. The van der Waals surface area contributed by atoms with E-state index in [-0.39, 0.29) is 0 Å². The highest BCUT2D eigenvalue weighted by Crippen LogP contribution is 2.48. The maximum Gasteiger partial charge on any atom is 0.268 e. The number of aromatic nitrogens is 1. The lowest BCUT2D eigenvalue weighted by Gasteiger charge is -2.24. The first kappa shape index (κ1) is 34.2. The zero-order chi connectivity index (χ0) is 39.3.